The number of piperazine rings is 1. The van der Waals surface area contributed by atoms with E-state index in [4.69, 9.17) is 10.6 Å². The Morgan fingerprint density at radius 3 is 2.79 bits per heavy atom. The number of amides is 2. The van der Waals surface area contributed by atoms with Crippen molar-refractivity contribution in [2.45, 2.75) is 35.2 Å². The number of aromatic nitrogens is 2. The van der Waals surface area contributed by atoms with Gasteiger partial charge >= 0.3 is 5.97 Å². The van der Waals surface area contributed by atoms with Crippen molar-refractivity contribution in [1.29, 1.82) is 0 Å². The highest BCUT2D eigenvalue weighted by atomic mass is 32.2. The fourth-order valence-electron chi connectivity index (χ4n) is 6.09. The Balaban J connectivity index is 1.11. The quantitative estimate of drug-likeness (QED) is 0.0803. The molecule has 246 valence electrons. The maximum atomic E-state index is 15.6. The standard InChI is InChI=1S/C30H31FN8O5S3/c1-44-36-23(19-14-47-30(32)34-19)26(40)35-24-27(41)39-25(29(42)43)15(13-46-28(24)39)12-45-22-4-7-38(16-2-3-16)20-11-21(18(31)10-17(20)22)37-8-5-33-6-9-37/h4,7,10-11,14,16,24,28,33H,2-3,5-6,8-9,12-13H2,1H3,(H3-,32,34,35,40,42,43)/p+1/b36-23-. The van der Waals surface area contributed by atoms with E-state index in [-0.39, 0.29) is 28.1 Å². The number of nitrogens with zero attached hydrogens (tertiary/aromatic N) is 5. The van der Waals surface area contributed by atoms with Crippen molar-refractivity contribution in [2.75, 3.05) is 55.4 Å². The molecule has 3 aliphatic heterocycles. The number of nitrogen functional groups attached to an aromatic ring is 1. The molecule has 0 radical (unpaired) electrons. The van der Waals surface area contributed by atoms with Crippen molar-refractivity contribution in [3.63, 3.8) is 0 Å². The SMILES string of the molecule is CO/N=C(\C(=O)NC1C(=O)N2C(C(=O)O)=C(CSc3cc[n+](C4CC4)c4cc(N5CCNCC5)c(F)cc34)CSC12)c1csc(N)n1. The maximum Gasteiger partial charge on any atom is 0.352 e. The van der Waals surface area contributed by atoms with Crippen LogP contribution < -0.4 is 25.8 Å². The molecule has 0 bridgehead atoms. The number of rotatable bonds is 10. The molecular formula is C30H32FN8O5S3+. The Labute approximate surface area is 281 Å². The first-order valence-corrected chi connectivity index (χ1v) is 18.0. The van der Waals surface area contributed by atoms with E-state index in [1.54, 1.807) is 11.4 Å². The Morgan fingerprint density at radius 2 is 2.11 bits per heavy atom. The zero-order valence-electron chi connectivity index (χ0n) is 25.3. The van der Waals surface area contributed by atoms with Gasteiger partial charge in [0, 0.05) is 72.9 Å². The Bertz CT molecular complexity index is 1840. The van der Waals surface area contributed by atoms with E-state index in [1.807, 2.05) is 18.3 Å². The summed E-state index contributed by atoms with van der Waals surface area (Å²) in [6.45, 7) is 3.06. The lowest BCUT2D eigenvalue weighted by Crippen LogP contribution is -2.71. The van der Waals surface area contributed by atoms with Crippen LogP contribution in [0, 0.1) is 5.82 Å². The largest absolute Gasteiger partial charge is 0.477 e. The molecule has 2 unspecified atom stereocenters. The van der Waals surface area contributed by atoms with E-state index < -0.39 is 29.2 Å². The first kappa shape index (κ1) is 31.7. The molecule has 7 rings (SSSR count). The highest BCUT2D eigenvalue weighted by Crippen LogP contribution is 2.43. The second kappa shape index (κ2) is 12.9. The van der Waals surface area contributed by atoms with E-state index in [2.05, 4.69) is 30.2 Å². The van der Waals surface area contributed by atoms with Gasteiger partial charge in [-0.15, -0.1) is 34.9 Å². The van der Waals surface area contributed by atoms with Crippen LogP contribution in [0.15, 0.2) is 51.1 Å². The summed E-state index contributed by atoms with van der Waals surface area (Å²) in [6.07, 6.45) is 4.18. The number of anilines is 2. The number of thiazole rings is 1. The first-order chi connectivity index (χ1) is 22.7. The van der Waals surface area contributed by atoms with Gasteiger partial charge in [0.05, 0.1) is 11.1 Å². The number of carboxylic acid groups (broad SMARTS) is 1. The number of nitrogens with one attached hydrogen (secondary N) is 2. The van der Waals surface area contributed by atoms with Crippen molar-refractivity contribution in [2.24, 2.45) is 5.16 Å². The number of benzene rings is 1. The van der Waals surface area contributed by atoms with E-state index in [1.165, 1.54) is 35.5 Å². The van der Waals surface area contributed by atoms with Gasteiger partial charge in [0.25, 0.3) is 11.8 Å². The molecule has 47 heavy (non-hydrogen) atoms. The summed E-state index contributed by atoms with van der Waals surface area (Å²) >= 11 is 3.92. The summed E-state index contributed by atoms with van der Waals surface area (Å²) in [4.78, 5) is 51.9. The fraction of sp³-hybridized carbons (Fsp3) is 0.400. The monoisotopic (exact) mass is 699 g/mol. The summed E-state index contributed by atoms with van der Waals surface area (Å²) in [6, 6.07) is 4.93. The zero-order valence-corrected chi connectivity index (χ0v) is 27.7. The molecule has 2 amide bonds. The summed E-state index contributed by atoms with van der Waals surface area (Å²) in [5.41, 5.74) is 7.79. The average Bonchev–Trinajstić information content (AvgIpc) is 3.83. The lowest BCUT2D eigenvalue weighted by Gasteiger charge is -2.49. The van der Waals surface area contributed by atoms with Gasteiger partial charge in [0.1, 0.15) is 35.7 Å². The zero-order chi connectivity index (χ0) is 32.8. The number of hydrogen-bond acceptors (Lipinski definition) is 12. The van der Waals surface area contributed by atoms with Crippen molar-refractivity contribution in [3.8, 4) is 0 Å². The van der Waals surface area contributed by atoms with Crippen molar-refractivity contribution in [3.05, 3.63) is 52.6 Å². The molecule has 5 N–H and O–H groups in total. The van der Waals surface area contributed by atoms with Crippen LogP contribution in [-0.4, -0.2) is 94.7 Å². The highest BCUT2D eigenvalue weighted by Gasteiger charge is 2.54. The van der Waals surface area contributed by atoms with E-state index in [9.17, 15) is 19.5 Å². The predicted octanol–water partition coefficient (Wildman–Crippen LogP) is 1.93. The fourth-order valence-corrected chi connectivity index (χ4v) is 9.15. The van der Waals surface area contributed by atoms with Crippen LogP contribution in [-0.2, 0) is 19.2 Å². The van der Waals surface area contributed by atoms with Crippen molar-refractivity contribution >= 4 is 80.1 Å². The molecule has 3 fully saturated rings. The normalized spacial score (nSPS) is 21.5. The lowest BCUT2D eigenvalue weighted by molar-refractivity contribution is -0.675. The molecule has 2 aromatic heterocycles. The number of hydrogen-bond donors (Lipinski definition) is 4. The van der Waals surface area contributed by atoms with Crippen LogP contribution in [0.25, 0.3) is 10.9 Å². The lowest BCUT2D eigenvalue weighted by atomic mass is 10.0. The molecule has 4 aliphatic rings. The molecule has 17 heteroatoms. The number of oxime groups is 1. The van der Waals surface area contributed by atoms with Gasteiger partial charge in [-0.05, 0) is 11.6 Å². The molecule has 1 aromatic carbocycles. The molecular weight excluding hydrogens is 668 g/mol. The van der Waals surface area contributed by atoms with Crippen LogP contribution in [0.5, 0.6) is 0 Å². The minimum absolute atomic E-state index is 0.0877. The Kier molecular flexibility index (Phi) is 8.71. The van der Waals surface area contributed by atoms with E-state index >= 15 is 4.39 Å². The second-order valence-corrected chi connectivity index (χ2v) is 14.5. The first-order valence-electron chi connectivity index (χ1n) is 15.0. The molecule has 1 saturated carbocycles. The molecule has 5 heterocycles. The molecule has 13 nitrogen and oxygen atoms in total. The van der Waals surface area contributed by atoms with Gasteiger partial charge in [-0.2, -0.15) is 4.57 Å². The number of halogens is 1. The molecule has 3 aromatic rings. The third-order valence-electron chi connectivity index (χ3n) is 8.49. The van der Waals surface area contributed by atoms with Crippen molar-refractivity contribution < 1.29 is 33.3 Å². The average molecular weight is 700 g/mol. The van der Waals surface area contributed by atoms with Crippen LogP contribution in [0.3, 0.4) is 0 Å². The molecule has 1 aliphatic carbocycles. The topological polar surface area (TPSA) is 166 Å². The molecule has 2 saturated heterocycles. The summed E-state index contributed by atoms with van der Waals surface area (Å²) < 4.78 is 17.8. The summed E-state index contributed by atoms with van der Waals surface area (Å²) in [5, 5.41) is 21.9. The number of pyridine rings is 1. The minimum atomic E-state index is -1.22. The van der Waals surface area contributed by atoms with Crippen LogP contribution in [0.4, 0.5) is 15.2 Å². The second-order valence-electron chi connectivity index (χ2n) is 11.5. The number of thioether (sulfide) groups is 2. The van der Waals surface area contributed by atoms with E-state index in [0.29, 0.717) is 28.8 Å². The number of fused-ring (bicyclic) bond motifs is 2. The minimum Gasteiger partial charge on any atom is -0.477 e. The maximum absolute atomic E-state index is 15.6. The number of carbonyl (C=O) groups is 3. The van der Waals surface area contributed by atoms with Crippen LogP contribution in [0.1, 0.15) is 24.6 Å². The van der Waals surface area contributed by atoms with E-state index in [0.717, 1.165) is 66.2 Å². The van der Waals surface area contributed by atoms with Gasteiger partial charge < -0.3 is 31.2 Å². The number of β-lactam (4-membered cyclic amide) rings is 1. The third kappa shape index (κ3) is 6.00. The Morgan fingerprint density at radius 1 is 1.32 bits per heavy atom. The van der Waals surface area contributed by atoms with Gasteiger partial charge in [0.2, 0.25) is 5.52 Å². The van der Waals surface area contributed by atoms with Gasteiger partial charge in [-0.1, -0.05) is 5.16 Å². The number of carbonyl (C=O) groups excluding carboxylic acids is 2. The van der Waals surface area contributed by atoms with Gasteiger partial charge in [-0.25, -0.2) is 14.2 Å². The molecule has 2 atom stereocenters. The summed E-state index contributed by atoms with van der Waals surface area (Å²) in [5.74, 6) is -2.10. The van der Waals surface area contributed by atoms with Crippen LogP contribution in [0.2, 0.25) is 0 Å². The summed E-state index contributed by atoms with van der Waals surface area (Å²) in [7, 11) is 1.28. The predicted molar refractivity (Wildman–Crippen MR) is 178 cm³/mol. The van der Waals surface area contributed by atoms with Crippen LogP contribution >= 0.6 is 34.9 Å². The van der Waals surface area contributed by atoms with Crippen molar-refractivity contribution in [1.82, 2.24) is 20.5 Å². The number of aliphatic carboxylic acids is 1. The van der Waals surface area contributed by atoms with Gasteiger partial charge in [0.15, 0.2) is 23.1 Å². The smallest absolute Gasteiger partial charge is 0.352 e. The Hall–Kier alpha value is -3.93. The number of carboxylic acids is 1. The third-order valence-corrected chi connectivity index (χ3v) is 11.7. The highest BCUT2D eigenvalue weighted by molar-refractivity contribution is 8.01. The number of nitrogens with two attached hydrogens (primary N) is 1. The molecule has 0 spiro atoms. The van der Waals surface area contributed by atoms with Gasteiger partial charge in [-0.3, -0.25) is 14.5 Å².